The van der Waals surface area contributed by atoms with Gasteiger partial charge in [0.25, 0.3) is 10.0 Å². The van der Waals surface area contributed by atoms with Crippen LogP contribution >= 0.6 is 11.6 Å². The van der Waals surface area contributed by atoms with Crippen molar-refractivity contribution in [1.82, 2.24) is 0 Å². The zero-order chi connectivity index (χ0) is 18.6. The highest BCUT2D eigenvalue weighted by Gasteiger charge is 2.16. The van der Waals surface area contributed by atoms with Crippen LogP contribution in [0.3, 0.4) is 0 Å². The summed E-state index contributed by atoms with van der Waals surface area (Å²) in [5.41, 5.74) is 0.856. The molecule has 130 valence electrons. The molecule has 0 unspecified atom stereocenters. The number of nitrogens with zero attached hydrogens (tertiary/aromatic N) is 2. The summed E-state index contributed by atoms with van der Waals surface area (Å²) in [6.07, 6.45) is 4.11. The second kappa shape index (κ2) is 7.59. The molecule has 0 radical (unpaired) electrons. The first-order chi connectivity index (χ1) is 12.5. The van der Waals surface area contributed by atoms with Crippen LogP contribution in [-0.4, -0.2) is 25.7 Å². The number of benzene rings is 2. The minimum absolute atomic E-state index is 0.00386. The Morgan fingerprint density at radius 2 is 1.50 bits per heavy atom. The van der Waals surface area contributed by atoms with E-state index in [0.717, 1.165) is 0 Å². The molecule has 0 amide bonds. The summed E-state index contributed by atoms with van der Waals surface area (Å²) in [7, 11) is -3.95. The molecule has 3 rings (SSSR count). The first-order valence-electron chi connectivity index (χ1n) is 7.59. The van der Waals surface area contributed by atoms with Crippen LogP contribution in [0.4, 0.5) is 0 Å². The maximum Gasteiger partial charge on any atom is 0.284 e. The molecular weight excluding hydrogens is 372 g/mol. The molecule has 5 nitrogen and oxygen atoms in total. The molecule has 7 heteroatoms. The zero-order valence-electron chi connectivity index (χ0n) is 13.4. The van der Waals surface area contributed by atoms with E-state index in [1.165, 1.54) is 30.4 Å². The highest BCUT2D eigenvalue weighted by molar-refractivity contribution is 7.90. The van der Waals surface area contributed by atoms with Gasteiger partial charge in [0.05, 0.1) is 15.6 Å². The molecule has 2 aromatic carbocycles. The van der Waals surface area contributed by atoms with E-state index < -0.39 is 10.0 Å². The highest BCUT2D eigenvalue weighted by atomic mass is 35.5. The van der Waals surface area contributed by atoms with Gasteiger partial charge in [-0.15, -0.1) is 4.40 Å². The Labute approximate surface area is 156 Å². The molecule has 1 aliphatic rings. The van der Waals surface area contributed by atoms with Gasteiger partial charge < -0.3 is 0 Å². The SMILES string of the molecule is O=C1C=CC(=NC(=NS(=O)(=O)c2ccccc2)c2ccccc2)C=C1Cl. The Bertz CT molecular complexity index is 1050. The van der Waals surface area contributed by atoms with Gasteiger partial charge in [-0.2, -0.15) is 8.42 Å². The normalized spacial score (nSPS) is 16.7. The number of hydrogen-bond acceptors (Lipinski definition) is 3. The Hall–Kier alpha value is -2.83. The van der Waals surface area contributed by atoms with E-state index in [9.17, 15) is 13.2 Å². The number of carbonyl (C=O) groups is 1. The molecule has 0 saturated heterocycles. The summed E-state index contributed by atoms with van der Waals surface area (Å²) < 4.78 is 29.1. The van der Waals surface area contributed by atoms with Crippen LogP contribution in [0.2, 0.25) is 0 Å². The van der Waals surface area contributed by atoms with Gasteiger partial charge in [-0.1, -0.05) is 60.1 Å². The van der Waals surface area contributed by atoms with E-state index in [2.05, 4.69) is 9.39 Å². The van der Waals surface area contributed by atoms with Crippen molar-refractivity contribution in [1.29, 1.82) is 0 Å². The van der Waals surface area contributed by atoms with Crippen LogP contribution in [0, 0.1) is 0 Å². The van der Waals surface area contributed by atoms with Gasteiger partial charge in [0.15, 0.2) is 11.6 Å². The summed E-state index contributed by atoms with van der Waals surface area (Å²) in [6.45, 7) is 0. The molecule has 26 heavy (non-hydrogen) atoms. The first-order valence-corrected chi connectivity index (χ1v) is 9.41. The predicted molar refractivity (Wildman–Crippen MR) is 102 cm³/mol. The lowest BCUT2D eigenvalue weighted by Gasteiger charge is -2.06. The second-order valence-electron chi connectivity index (χ2n) is 5.30. The van der Waals surface area contributed by atoms with E-state index in [-0.39, 0.29) is 21.5 Å². The smallest absolute Gasteiger partial charge is 0.284 e. The molecule has 0 N–H and O–H groups in total. The van der Waals surface area contributed by atoms with Gasteiger partial charge in [0.2, 0.25) is 0 Å². The average molecular weight is 385 g/mol. The Morgan fingerprint density at radius 1 is 0.885 bits per heavy atom. The van der Waals surface area contributed by atoms with Crippen molar-refractivity contribution >= 4 is 39.0 Å². The first kappa shape index (κ1) is 18.0. The summed E-state index contributed by atoms with van der Waals surface area (Å²) in [4.78, 5) is 15.8. The van der Waals surface area contributed by atoms with Gasteiger partial charge >= 0.3 is 0 Å². The van der Waals surface area contributed by atoms with Gasteiger partial charge in [-0.05, 0) is 30.4 Å². The summed E-state index contributed by atoms with van der Waals surface area (Å²) in [5, 5.41) is 0.00424. The van der Waals surface area contributed by atoms with E-state index in [1.54, 1.807) is 48.5 Å². The number of sulfonamides is 1. The number of hydrogen-bond donors (Lipinski definition) is 0. The number of carbonyl (C=O) groups excluding carboxylic acids is 1. The van der Waals surface area contributed by atoms with Crippen LogP contribution < -0.4 is 0 Å². The summed E-state index contributed by atoms with van der Waals surface area (Å²) in [6, 6.07) is 16.6. The fraction of sp³-hybridized carbons (Fsp3) is 0. The molecule has 0 aliphatic heterocycles. The van der Waals surface area contributed by atoms with Crippen LogP contribution in [-0.2, 0) is 14.8 Å². The van der Waals surface area contributed by atoms with Gasteiger partial charge in [-0.25, -0.2) is 4.99 Å². The minimum atomic E-state index is -3.95. The Morgan fingerprint density at radius 3 is 2.12 bits per heavy atom. The maximum absolute atomic E-state index is 12.6. The quantitative estimate of drug-likeness (QED) is 0.461. The molecule has 0 saturated carbocycles. The molecule has 2 aromatic rings. The molecule has 0 aromatic heterocycles. The molecule has 0 spiro atoms. The monoisotopic (exact) mass is 384 g/mol. The van der Waals surface area contributed by atoms with Gasteiger partial charge in [0.1, 0.15) is 0 Å². The van der Waals surface area contributed by atoms with E-state index in [1.807, 2.05) is 0 Å². The lowest BCUT2D eigenvalue weighted by Crippen LogP contribution is -2.09. The molecule has 0 fully saturated rings. The molecule has 0 heterocycles. The van der Waals surface area contributed by atoms with Crippen molar-refractivity contribution in [3.8, 4) is 0 Å². The molecule has 0 bridgehead atoms. The predicted octanol–water partition coefficient (Wildman–Crippen LogP) is 3.52. The van der Waals surface area contributed by atoms with Crippen molar-refractivity contribution in [2.75, 3.05) is 0 Å². The van der Waals surface area contributed by atoms with Crippen molar-refractivity contribution in [3.05, 3.63) is 89.5 Å². The number of amidine groups is 1. The van der Waals surface area contributed by atoms with Gasteiger partial charge in [0, 0.05) is 5.56 Å². The number of rotatable bonds is 3. The highest BCUT2D eigenvalue weighted by Crippen LogP contribution is 2.16. The zero-order valence-corrected chi connectivity index (χ0v) is 15.0. The fourth-order valence-corrected chi connectivity index (χ4v) is 3.32. The molecule has 0 atom stereocenters. The lowest BCUT2D eigenvalue weighted by atomic mass is 10.1. The topological polar surface area (TPSA) is 75.9 Å². The van der Waals surface area contributed by atoms with Crippen molar-refractivity contribution in [2.45, 2.75) is 4.90 Å². The number of ketones is 1. The number of aliphatic imine (C=N–C) groups is 1. The third-order valence-corrected chi connectivity index (χ3v) is 5.01. The molecule has 1 aliphatic carbocycles. The van der Waals surface area contributed by atoms with Crippen molar-refractivity contribution in [2.24, 2.45) is 9.39 Å². The lowest BCUT2D eigenvalue weighted by molar-refractivity contribution is -0.110. The minimum Gasteiger partial charge on any atom is -0.288 e. The van der Waals surface area contributed by atoms with Crippen molar-refractivity contribution in [3.63, 3.8) is 0 Å². The van der Waals surface area contributed by atoms with E-state index in [0.29, 0.717) is 11.3 Å². The van der Waals surface area contributed by atoms with E-state index in [4.69, 9.17) is 11.6 Å². The molecular formula is C19H13ClN2O3S. The van der Waals surface area contributed by atoms with E-state index >= 15 is 0 Å². The second-order valence-corrected chi connectivity index (χ2v) is 7.31. The fourth-order valence-electron chi connectivity index (χ4n) is 2.17. The summed E-state index contributed by atoms with van der Waals surface area (Å²) >= 11 is 5.84. The standard InChI is InChI=1S/C19H13ClN2O3S/c20-17-13-15(11-12-18(17)23)21-19(14-7-3-1-4-8-14)22-26(24,25)16-9-5-2-6-10-16/h1-13H. The van der Waals surface area contributed by atoms with Crippen LogP contribution in [0.15, 0.2) is 98.2 Å². The third kappa shape index (κ3) is 4.22. The maximum atomic E-state index is 12.6. The number of halogens is 1. The summed E-state index contributed by atoms with van der Waals surface area (Å²) in [5.74, 6) is -0.329. The Kier molecular flexibility index (Phi) is 5.25. The third-order valence-electron chi connectivity index (χ3n) is 3.43. The average Bonchev–Trinajstić information content (AvgIpc) is 2.65. The largest absolute Gasteiger partial charge is 0.288 e. The number of allylic oxidation sites excluding steroid dienone is 4. The van der Waals surface area contributed by atoms with Gasteiger partial charge in [-0.3, -0.25) is 4.79 Å². The van der Waals surface area contributed by atoms with Crippen LogP contribution in [0.25, 0.3) is 0 Å². The van der Waals surface area contributed by atoms with Crippen LogP contribution in [0.5, 0.6) is 0 Å². The van der Waals surface area contributed by atoms with Crippen molar-refractivity contribution < 1.29 is 13.2 Å². The Balaban J connectivity index is 2.11. The van der Waals surface area contributed by atoms with Crippen LogP contribution in [0.1, 0.15) is 5.56 Å².